The largest absolute Gasteiger partial charge is 0.465 e. The fourth-order valence-corrected chi connectivity index (χ4v) is 8.74. The lowest BCUT2D eigenvalue weighted by molar-refractivity contribution is -0.130. The number of oxazole rings is 1. The number of carboxylic acid groups (broad SMARTS) is 2. The summed E-state index contributed by atoms with van der Waals surface area (Å²) in [6, 6.07) is 32.3. The fourth-order valence-electron chi connectivity index (χ4n) is 8.74. The molecule has 4 amide bonds. The van der Waals surface area contributed by atoms with Crippen LogP contribution in [-0.2, 0) is 31.9 Å². The molecule has 0 saturated carbocycles. The molecule has 5 atom stereocenters. The van der Waals surface area contributed by atoms with Crippen LogP contribution in [0.4, 0.5) is 21.0 Å². The summed E-state index contributed by atoms with van der Waals surface area (Å²) in [5.41, 5.74) is 1.47. The van der Waals surface area contributed by atoms with Crippen molar-refractivity contribution in [3.05, 3.63) is 127 Å². The lowest BCUT2D eigenvalue weighted by atomic mass is 9.74. The molecule has 14 heteroatoms. The smallest absolute Gasteiger partial charge is 0.408 e. The number of aromatic nitrogens is 1. The predicted octanol–water partition coefficient (Wildman–Crippen LogP) is 8.84. The Morgan fingerprint density at radius 2 is 1.30 bits per heavy atom. The van der Waals surface area contributed by atoms with Crippen LogP contribution in [0.25, 0.3) is 22.8 Å². The van der Waals surface area contributed by atoms with Gasteiger partial charge in [0.25, 0.3) is 5.91 Å². The molecule has 2 aliphatic rings. The summed E-state index contributed by atoms with van der Waals surface area (Å²) in [6.07, 6.45) is -0.960. The summed E-state index contributed by atoms with van der Waals surface area (Å²) >= 11 is 0. The van der Waals surface area contributed by atoms with Crippen LogP contribution in [0.2, 0.25) is 0 Å². The first kappa shape index (κ1) is 44.5. The van der Waals surface area contributed by atoms with Gasteiger partial charge in [-0.3, -0.25) is 19.4 Å². The number of ether oxygens (including phenoxy) is 2. The topological polar surface area (TPSA) is 184 Å². The molecule has 4 N–H and O–H groups in total. The van der Waals surface area contributed by atoms with Gasteiger partial charge >= 0.3 is 12.2 Å². The second-order valence-corrected chi connectivity index (χ2v) is 18.2. The summed E-state index contributed by atoms with van der Waals surface area (Å²) < 4.78 is 18.7. The highest BCUT2D eigenvalue weighted by Gasteiger charge is 2.61. The Morgan fingerprint density at radius 3 is 1.87 bits per heavy atom. The van der Waals surface area contributed by atoms with Crippen molar-refractivity contribution >= 4 is 35.4 Å². The molecule has 0 spiro atoms. The molecule has 1 aromatic heterocycles. The molecule has 1 unspecified atom stereocenters. The van der Waals surface area contributed by atoms with Crippen LogP contribution in [0.15, 0.2) is 120 Å². The van der Waals surface area contributed by atoms with Crippen molar-refractivity contribution in [3.8, 4) is 22.8 Å². The van der Waals surface area contributed by atoms with Crippen LogP contribution in [0, 0.1) is 5.92 Å². The van der Waals surface area contributed by atoms with Crippen molar-refractivity contribution in [2.75, 3.05) is 23.7 Å². The molecule has 14 nitrogen and oxygen atoms in total. The zero-order chi connectivity index (χ0) is 45.1. The van der Waals surface area contributed by atoms with Crippen molar-refractivity contribution in [1.82, 2.24) is 14.8 Å². The molecule has 330 valence electrons. The van der Waals surface area contributed by atoms with Gasteiger partial charge in [-0.15, -0.1) is 0 Å². The highest BCUT2D eigenvalue weighted by atomic mass is 16.5. The van der Waals surface area contributed by atoms with Gasteiger partial charge in [-0.05, 0) is 108 Å². The molecular formula is C49H55N5O9. The van der Waals surface area contributed by atoms with E-state index in [1.807, 2.05) is 102 Å². The Morgan fingerprint density at radius 1 is 0.730 bits per heavy atom. The van der Waals surface area contributed by atoms with Gasteiger partial charge in [-0.1, -0.05) is 60.7 Å². The van der Waals surface area contributed by atoms with Crippen molar-refractivity contribution in [2.24, 2.45) is 5.92 Å². The van der Waals surface area contributed by atoms with Gasteiger partial charge in [-0.25, -0.2) is 14.6 Å². The van der Waals surface area contributed by atoms with E-state index in [0.717, 1.165) is 16.0 Å². The Kier molecular flexibility index (Phi) is 12.8. The van der Waals surface area contributed by atoms with E-state index in [-0.39, 0.29) is 25.9 Å². The van der Waals surface area contributed by atoms with Crippen molar-refractivity contribution in [3.63, 3.8) is 0 Å². The normalized spacial score (nSPS) is 21.3. The zero-order valence-corrected chi connectivity index (χ0v) is 36.4. The number of likely N-dealkylation sites (tertiary alicyclic amines) is 2. The first-order chi connectivity index (χ1) is 29.9. The van der Waals surface area contributed by atoms with Gasteiger partial charge in [0.15, 0.2) is 5.76 Å². The molecule has 2 fully saturated rings. The summed E-state index contributed by atoms with van der Waals surface area (Å²) in [4.78, 5) is 60.2. The number of carbonyl (C=O) groups is 4. The Hall–Kier alpha value is -6.51. The van der Waals surface area contributed by atoms with E-state index in [0.29, 0.717) is 40.6 Å². The quantitative estimate of drug-likeness (QED) is 0.0946. The maximum atomic E-state index is 15.0. The van der Waals surface area contributed by atoms with Gasteiger partial charge in [0, 0.05) is 41.3 Å². The average Bonchev–Trinajstić information content (AvgIpc) is 3.96. The number of nitrogens with one attached hydrogen (secondary N) is 2. The molecule has 7 rings (SSSR count). The third-order valence-electron chi connectivity index (χ3n) is 11.3. The second kappa shape index (κ2) is 18.1. The maximum Gasteiger partial charge on any atom is 0.408 e. The minimum Gasteiger partial charge on any atom is -0.465 e. The van der Waals surface area contributed by atoms with Crippen LogP contribution < -0.4 is 10.6 Å². The first-order valence-corrected chi connectivity index (χ1v) is 21.1. The summed E-state index contributed by atoms with van der Waals surface area (Å²) in [5, 5.41) is 26.4. The molecule has 2 saturated heterocycles. The molecule has 63 heavy (non-hydrogen) atoms. The van der Waals surface area contributed by atoms with E-state index in [4.69, 9.17) is 13.9 Å². The number of nitrogens with zero attached hydrogens (tertiary/aromatic N) is 3. The van der Waals surface area contributed by atoms with Crippen molar-refractivity contribution < 1.29 is 43.3 Å². The van der Waals surface area contributed by atoms with E-state index in [2.05, 4.69) is 15.6 Å². The number of amides is 4. The standard InChI is InChI=1S/C49H55N5O9/c1-47(2,3)62-37-26-39(53(29-37)45(57)58)42(55)51-35-21-17-33(18-22-35)40-28-50-43(61-40)34-19-23-36(24-20-34)52-44(56)49(27-32-15-11-8-12-16-32)38(25-31-13-9-7-10-14-31)41(63-48(4,5)6)30-54(49)46(59)60/h7-24,28,37-39,41H,25-27,29-30H2,1-6H3,(H,51,55)(H,52,56)(H,57,58)(H,59,60)/t37-,38?,39+,41+,49+/m1/s1. The first-order valence-electron chi connectivity index (χ1n) is 21.1. The molecule has 2 aliphatic heterocycles. The molecule has 0 aliphatic carbocycles. The van der Waals surface area contributed by atoms with Crippen LogP contribution in [0.5, 0.6) is 0 Å². The number of hydrogen-bond donors (Lipinski definition) is 4. The summed E-state index contributed by atoms with van der Waals surface area (Å²) in [7, 11) is 0. The minimum atomic E-state index is -1.53. The lowest BCUT2D eigenvalue weighted by Gasteiger charge is -2.40. The fraction of sp³-hybridized carbons (Fsp3) is 0.367. The lowest BCUT2D eigenvalue weighted by Crippen LogP contribution is -2.60. The zero-order valence-electron chi connectivity index (χ0n) is 36.4. The van der Waals surface area contributed by atoms with Crippen LogP contribution >= 0.6 is 0 Å². The van der Waals surface area contributed by atoms with E-state index < -0.39 is 64.9 Å². The molecular weight excluding hydrogens is 803 g/mol. The third-order valence-corrected chi connectivity index (χ3v) is 11.3. The number of benzene rings is 4. The molecule has 0 bridgehead atoms. The predicted molar refractivity (Wildman–Crippen MR) is 238 cm³/mol. The highest BCUT2D eigenvalue weighted by molar-refractivity contribution is 6.01. The second-order valence-electron chi connectivity index (χ2n) is 18.2. The number of hydrogen-bond acceptors (Lipinski definition) is 8. The Balaban J connectivity index is 1.08. The van der Waals surface area contributed by atoms with Crippen LogP contribution in [0.3, 0.4) is 0 Å². The molecule has 3 heterocycles. The van der Waals surface area contributed by atoms with Gasteiger partial charge in [-0.2, -0.15) is 0 Å². The van der Waals surface area contributed by atoms with E-state index in [1.165, 1.54) is 4.90 Å². The number of carbonyl (C=O) groups excluding carboxylic acids is 2. The van der Waals surface area contributed by atoms with E-state index in [9.17, 15) is 29.4 Å². The van der Waals surface area contributed by atoms with Crippen molar-refractivity contribution in [2.45, 2.75) is 95.8 Å². The number of rotatable bonds is 12. The minimum absolute atomic E-state index is 0.0211. The Bertz CT molecular complexity index is 2390. The van der Waals surface area contributed by atoms with E-state index in [1.54, 1.807) is 54.7 Å². The van der Waals surface area contributed by atoms with Gasteiger partial charge in [0.05, 0.1) is 42.7 Å². The van der Waals surface area contributed by atoms with Gasteiger partial charge < -0.3 is 34.7 Å². The van der Waals surface area contributed by atoms with Crippen LogP contribution in [0.1, 0.15) is 59.1 Å². The molecule has 4 aromatic carbocycles. The third kappa shape index (κ3) is 10.4. The number of anilines is 2. The summed E-state index contributed by atoms with van der Waals surface area (Å²) in [5.74, 6) is -0.625. The average molecular weight is 858 g/mol. The van der Waals surface area contributed by atoms with Gasteiger partial charge in [0.2, 0.25) is 11.8 Å². The monoisotopic (exact) mass is 857 g/mol. The highest BCUT2D eigenvalue weighted by Crippen LogP contribution is 2.44. The molecule has 5 aromatic rings. The van der Waals surface area contributed by atoms with E-state index >= 15 is 0 Å². The SMILES string of the molecule is CC(C)(C)O[C@@H]1C[C@@H](C(=O)Nc2ccc(-c3cnc(-c4ccc(NC(=O)[C@]5(Cc6ccccc6)C(Cc6ccccc6)[C@@H](OC(C)(C)C)CN5C(=O)O)cc4)o3)cc2)N(C(=O)O)C1. The summed E-state index contributed by atoms with van der Waals surface area (Å²) in [6.45, 7) is 11.6. The van der Waals surface area contributed by atoms with Crippen LogP contribution in [-0.4, -0.2) is 97.1 Å². The Labute approximate surface area is 367 Å². The van der Waals surface area contributed by atoms with Gasteiger partial charge in [0.1, 0.15) is 11.6 Å². The molecule has 0 radical (unpaired) electrons. The van der Waals surface area contributed by atoms with Crippen molar-refractivity contribution in [1.29, 1.82) is 0 Å². The maximum absolute atomic E-state index is 15.0.